The van der Waals surface area contributed by atoms with Crippen molar-refractivity contribution in [2.45, 2.75) is 26.7 Å². The van der Waals surface area contributed by atoms with Gasteiger partial charge in [-0.15, -0.1) is 0 Å². The molecule has 0 aromatic heterocycles. The van der Waals surface area contributed by atoms with Crippen molar-refractivity contribution in [3.05, 3.63) is 29.8 Å². The third kappa shape index (κ3) is 2.96. The summed E-state index contributed by atoms with van der Waals surface area (Å²) >= 11 is 0. The number of benzene rings is 1. The summed E-state index contributed by atoms with van der Waals surface area (Å²) in [5, 5.41) is 9.41. The van der Waals surface area contributed by atoms with Gasteiger partial charge in [0.2, 0.25) is 0 Å². The van der Waals surface area contributed by atoms with E-state index >= 15 is 0 Å². The molecule has 0 aliphatic rings. The van der Waals surface area contributed by atoms with Crippen molar-refractivity contribution in [3.8, 4) is 5.75 Å². The molecule has 1 N–H and O–H groups in total. The zero-order chi connectivity index (χ0) is 11.5. The SMILES string of the molecule is COc1ccc(C(CO)C(C)(C)C)cc1. The van der Waals surface area contributed by atoms with E-state index in [-0.39, 0.29) is 17.9 Å². The normalized spacial score (nSPS) is 13.7. The Kier molecular flexibility index (Phi) is 3.75. The molecule has 84 valence electrons. The fraction of sp³-hybridized carbons (Fsp3) is 0.538. The Labute approximate surface area is 91.9 Å². The third-order valence-electron chi connectivity index (χ3n) is 2.75. The van der Waals surface area contributed by atoms with E-state index in [1.54, 1.807) is 7.11 Å². The molecule has 0 aliphatic heterocycles. The minimum absolute atomic E-state index is 0.0728. The maximum absolute atomic E-state index is 9.41. The van der Waals surface area contributed by atoms with Crippen LogP contribution in [0, 0.1) is 5.41 Å². The minimum Gasteiger partial charge on any atom is -0.497 e. The maximum Gasteiger partial charge on any atom is 0.118 e. The Morgan fingerprint density at radius 1 is 1.20 bits per heavy atom. The lowest BCUT2D eigenvalue weighted by molar-refractivity contribution is 0.186. The van der Waals surface area contributed by atoms with E-state index in [2.05, 4.69) is 20.8 Å². The van der Waals surface area contributed by atoms with Crippen LogP contribution in [-0.4, -0.2) is 18.8 Å². The molecule has 1 aromatic rings. The van der Waals surface area contributed by atoms with Gasteiger partial charge in [-0.25, -0.2) is 0 Å². The quantitative estimate of drug-likeness (QED) is 0.827. The molecule has 0 spiro atoms. The van der Waals surface area contributed by atoms with Crippen molar-refractivity contribution in [1.82, 2.24) is 0 Å². The summed E-state index contributed by atoms with van der Waals surface area (Å²) in [6.45, 7) is 6.59. The van der Waals surface area contributed by atoms with Crippen molar-refractivity contribution in [1.29, 1.82) is 0 Å². The second-order valence-corrected chi connectivity index (χ2v) is 4.87. The largest absolute Gasteiger partial charge is 0.497 e. The van der Waals surface area contributed by atoms with Crippen LogP contribution in [0.5, 0.6) is 5.75 Å². The van der Waals surface area contributed by atoms with E-state index in [1.807, 2.05) is 24.3 Å². The molecule has 1 aromatic carbocycles. The predicted molar refractivity (Wildman–Crippen MR) is 62.3 cm³/mol. The second-order valence-electron chi connectivity index (χ2n) is 4.87. The van der Waals surface area contributed by atoms with Crippen LogP contribution in [-0.2, 0) is 0 Å². The topological polar surface area (TPSA) is 29.5 Å². The molecule has 0 fully saturated rings. The maximum atomic E-state index is 9.41. The van der Waals surface area contributed by atoms with Gasteiger partial charge in [0.15, 0.2) is 0 Å². The van der Waals surface area contributed by atoms with Crippen molar-refractivity contribution >= 4 is 0 Å². The number of hydrogen-bond donors (Lipinski definition) is 1. The fourth-order valence-electron chi connectivity index (χ4n) is 1.72. The number of hydrogen-bond acceptors (Lipinski definition) is 2. The summed E-state index contributed by atoms with van der Waals surface area (Å²) in [5.41, 5.74) is 1.23. The molecule has 0 heterocycles. The van der Waals surface area contributed by atoms with Gasteiger partial charge in [-0.3, -0.25) is 0 Å². The molecule has 15 heavy (non-hydrogen) atoms. The highest BCUT2D eigenvalue weighted by Gasteiger charge is 2.25. The zero-order valence-electron chi connectivity index (χ0n) is 9.95. The first kappa shape index (κ1) is 12.1. The average molecular weight is 208 g/mol. The van der Waals surface area contributed by atoms with Gasteiger partial charge >= 0.3 is 0 Å². The van der Waals surface area contributed by atoms with E-state index in [9.17, 15) is 5.11 Å². The Hall–Kier alpha value is -1.02. The van der Waals surface area contributed by atoms with Gasteiger partial charge in [0.05, 0.1) is 13.7 Å². The molecular formula is C13H20O2. The first-order valence-corrected chi connectivity index (χ1v) is 5.24. The summed E-state index contributed by atoms with van der Waals surface area (Å²) in [4.78, 5) is 0. The summed E-state index contributed by atoms with van der Waals surface area (Å²) in [5.74, 6) is 1.02. The first-order chi connectivity index (χ1) is 6.99. The summed E-state index contributed by atoms with van der Waals surface area (Å²) in [6.07, 6.45) is 0. The monoisotopic (exact) mass is 208 g/mol. The van der Waals surface area contributed by atoms with E-state index in [4.69, 9.17) is 4.74 Å². The number of ether oxygens (including phenoxy) is 1. The Bertz CT molecular complexity index is 295. The molecule has 1 unspecified atom stereocenters. The Morgan fingerprint density at radius 3 is 2.07 bits per heavy atom. The van der Waals surface area contributed by atoms with Crippen LogP contribution < -0.4 is 4.74 Å². The van der Waals surface area contributed by atoms with Gasteiger partial charge < -0.3 is 9.84 Å². The zero-order valence-corrected chi connectivity index (χ0v) is 9.95. The summed E-state index contributed by atoms with van der Waals surface area (Å²) in [6, 6.07) is 7.91. The molecule has 0 amide bonds. The highest BCUT2D eigenvalue weighted by Crippen LogP contribution is 2.34. The number of rotatable bonds is 3. The van der Waals surface area contributed by atoms with Crippen molar-refractivity contribution < 1.29 is 9.84 Å². The van der Waals surface area contributed by atoms with Gasteiger partial charge in [0, 0.05) is 5.92 Å². The van der Waals surface area contributed by atoms with E-state index < -0.39 is 0 Å². The highest BCUT2D eigenvalue weighted by atomic mass is 16.5. The lowest BCUT2D eigenvalue weighted by Gasteiger charge is -2.29. The fourth-order valence-corrected chi connectivity index (χ4v) is 1.72. The van der Waals surface area contributed by atoms with Gasteiger partial charge in [-0.2, -0.15) is 0 Å². The van der Waals surface area contributed by atoms with Crippen LogP contribution in [0.25, 0.3) is 0 Å². The van der Waals surface area contributed by atoms with Gasteiger partial charge in [-0.05, 0) is 23.1 Å². The standard InChI is InChI=1S/C13H20O2/c1-13(2,3)12(9-14)10-5-7-11(15-4)8-6-10/h5-8,12,14H,9H2,1-4H3. The second kappa shape index (κ2) is 4.67. The molecule has 1 atom stereocenters. The van der Waals surface area contributed by atoms with Crippen LogP contribution in [0.1, 0.15) is 32.3 Å². The molecule has 2 heteroatoms. The Morgan fingerprint density at radius 2 is 1.73 bits per heavy atom. The van der Waals surface area contributed by atoms with Gasteiger partial charge in [0.25, 0.3) is 0 Å². The smallest absolute Gasteiger partial charge is 0.118 e. The highest BCUT2D eigenvalue weighted by molar-refractivity contribution is 5.30. The molecular weight excluding hydrogens is 188 g/mol. The molecule has 2 nitrogen and oxygen atoms in total. The molecule has 0 radical (unpaired) electrons. The van der Waals surface area contributed by atoms with Crippen LogP contribution in [0.2, 0.25) is 0 Å². The molecule has 0 aliphatic carbocycles. The minimum atomic E-state index is 0.0728. The van der Waals surface area contributed by atoms with Crippen molar-refractivity contribution in [3.63, 3.8) is 0 Å². The number of methoxy groups -OCH3 is 1. The van der Waals surface area contributed by atoms with Crippen LogP contribution in [0.3, 0.4) is 0 Å². The van der Waals surface area contributed by atoms with Crippen molar-refractivity contribution in [2.75, 3.05) is 13.7 Å². The van der Waals surface area contributed by atoms with Gasteiger partial charge in [0.1, 0.15) is 5.75 Å². The summed E-state index contributed by atoms with van der Waals surface area (Å²) in [7, 11) is 1.66. The van der Waals surface area contributed by atoms with E-state index in [0.717, 1.165) is 11.3 Å². The van der Waals surface area contributed by atoms with Crippen LogP contribution in [0.15, 0.2) is 24.3 Å². The van der Waals surface area contributed by atoms with E-state index in [0.29, 0.717) is 0 Å². The van der Waals surface area contributed by atoms with Gasteiger partial charge in [-0.1, -0.05) is 32.9 Å². The Balaban J connectivity index is 2.93. The predicted octanol–water partition coefficient (Wildman–Crippen LogP) is 2.82. The molecule has 0 bridgehead atoms. The molecule has 0 saturated carbocycles. The van der Waals surface area contributed by atoms with Crippen LogP contribution in [0.4, 0.5) is 0 Å². The number of aliphatic hydroxyl groups excluding tert-OH is 1. The molecule has 1 rings (SSSR count). The lowest BCUT2D eigenvalue weighted by Crippen LogP contribution is -2.21. The number of aliphatic hydroxyl groups is 1. The lowest BCUT2D eigenvalue weighted by atomic mass is 9.77. The third-order valence-corrected chi connectivity index (χ3v) is 2.75. The first-order valence-electron chi connectivity index (χ1n) is 5.24. The van der Waals surface area contributed by atoms with E-state index in [1.165, 1.54) is 0 Å². The average Bonchev–Trinajstić information content (AvgIpc) is 2.18. The van der Waals surface area contributed by atoms with Crippen molar-refractivity contribution in [2.24, 2.45) is 5.41 Å². The molecule has 0 saturated heterocycles. The van der Waals surface area contributed by atoms with Crippen LogP contribution >= 0.6 is 0 Å². The summed E-state index contributed by atoms with van der Waals surface area (Å²) < 4.78 is 5.11.